The summed E-state index contributed by atoms with van der Waals surface area (Å²) in [7, 11) is 0. The van der Waals surface area contributed by atoms with Gasteiger partial charge in [0.25, 0.3) is 0 Å². The standard InChI is InChI=1S/C15H12F2.2C2H6/c1-4-10-13(16)8-14(17)12-7-5-6-11(9(2)3)15(10)12;2*1-2/h1,5-9H,2-3H3;2*1-2H3. The van der Waals surface area contributed by atoms with Gasteiger partial charge in [0.15, 0.2) is 0 Å². The van der Waals surface area contributed by atoms with Crippen molar-refractivity contribution in [3.8, 4) is 12.3 Å². The van der Waals surface area contributed by atoms with Crippen molar-refractivity contribution in [3.05, 3.63) is 47.0 Å². The summed E-state index contributed by atoms with van der Waals surface area (Å²) >= 11 is 0. The zero-order valence-electron chi connectivity index (χ0n) is 13.7. The SMILES string of the molecule is C#Cc1c(F)cc(F)c2cccc(C(C)C)c12.CC.CC. The Balaban J connectivity index is 0.000000921. The maximum absolute atomic E-state index is 13.7. The molecule has 0 saturated carbocycles. The second-order valence-corrected chi connectivity index (χ2v) is 4.28. The van der Waals surface area contributed by atoms with Gasteiger partial charge in [-0.05, 0) is 11.5 Å². The molecule has 0 heterocycles. The molecule has 2 aromatic rings. The highest BCUT2D eigenvalue weighted by Crippen LogP contribution is 2.31. The molecule has 0 atom stereocenters. The largest absolute Gasteiger partial charge is 0.206 e. The highest BCUT2D eigenvalue weighted by Gasteiger charge is 2.15. The van der Waals surface area contributed by atoms with Crippen LogP contribution in [0.15, 0.2) is 24.3 Å². The minimum Gasteiger partial charge on any atom is -0.206 e. The number of benzene rings is 2. The van der Waals surface area contributed by atoms with E-state index >= 15 is 0 Å². The molecule has 0 N–H and O–H groups in total. The summed E-state index contributed by atoms with van der Waals surface area (Å²) in [5.41, 5.74) is 1.01. The van der Waals surface area contributed by atoms with Crippen molar-refractivity contribution in [1.82, 2.24) is 0 Å². The normalized spacial score (nSPS) is 9.33. The molecular weight excluding hydrogens is 266 g/mol. The van der Waals surface area contributed by atoms with Crippen molar-refractivity contribution in [3.63, 3.8) is 0 Å². The molecule has 0 aliphatic rings. The number of hydrogen-bond acceptors (Lipinski definition) is 0. The van der Waals surface area contributed by atoms with Gasteiger partial charge in [-0.25, -0.2) is 8.78 Å². The van der Waals surface area contributed by atoms with Crippen LogP contribution in [0, 0.1) is 24.0 Å². The lowest BCUT2D eigenvalue weighted by molar-refractivity contribution is 0.589. The predicted molar refractivity (Wildman–Crippen MR) is 88.6 cm³/mol. The van der Waals surface area contributed by atoms with Gasteiger partial charge in [-0.2, -0.15) is 0 Å². The molecular formula is C19H24F2. The van der Waals surface area contributed by atoms with Crippen molar-refractivity contribution in [1.29, 1.82) is 0 Å². The van der Waals surface area contributed by atoms with E-state index in [4.69, 9.17) is 6.42 Å². The molecule has 2 aromatic carbocycles. The molecule has 0 amide bonds. The lowest BCUT2D eigenvalue weighted by Gasteiger charge is -2.12. The fourth-order valence-corrected chi connectivity index (χ4v) is 2.05. The molecule has 2 rings (SSSR count). The molecule has 0 aliphatic carbocycles. The number of rotatable bonds is 1. The molecule has 0 unspecified atom stereocenters. The smallest absolute Gasteiger partial charge is 0.142 e. The van der Waals surface area contributed by atoms with Gasteiger partial charge in [0.2, 0.25) is 0 Å². The number of terminal acetylenes is 1. The van der Waals surface area contributed by atoms with E-state index in [0.29, 0.717) is 10.8 Å². The summed E-state index contributed by atoms with van der Waals surface area (Å²) in [6.45, 7) is 11.9. The number of halogens is 2. The maximum Gasteiger partial charge on any atom is 0.142 e. The van der Waals surface area contributed by atoms with Gasteiger partial charge in [-0.15, -0.1) is 6.42 Å². The van der Waals surface area contributed by atoms with Crippen molar-refractivity contribution >= 4 is 10.8 Å². The number of fused-ring (bicyclic) bond motifs is 1. The average Bonchev–Trinajstić information content (AvgIpc) is 2.51. The van der Waals surface area contributed by atoms with E-state index in [1.54, 1.807) is 12.1 Å². The van der Waals surface area contributed by atoms with Crippen molar-refractivity contribution in [2.75, 3.05) is 0 Å². The average molecular weight is 290 g/mol. The monoisotopic (exact) mass is 290 g/mol. The molecule has 0 aromatic heterocycles. The van der Waals surface area contributed by atoms with Crippen molar-refractivity contribution in [2.45, 2.75) is 47.5 Å². The van der Waals surface area contributed by atoms with Gasteiger partial charge >= 0.3 is 0 Å². The van der Waals surface area contributed by atoms with Crippen molar-refractivity contribution < 1.29 is 8.78 Å². The third kappa shape index (κ3) is 4.04. The van der Waals surface area contributed by atoms with Gasteiger partial charge in [-0.1, -0.05) is 65.7 Å². The summed E-state index contributed by atoms with van der Waals surface area (Å²) in [6, 6.07) is 6.09. The van der Waals surface area contributed by atoms with E-state index in [0.717, 1.165) is 11.6 Å². The Hall–Kier alpha value is -1.88. The first-order valence-corrected chi connectivity index (χ1v) is 7.43. The second kappa shape index (κ2) is 9.13. The first-order chi connectivity index (χ1) is 10.1. The summed E-state index contributed by atoms with van der Waals surface area (Å²) in [4.78, 5) is 0. The Morgan fingerprint density at radius 1 is 1.00 bits per heavy atom. The molecule has 0 aliphatic heterocycles. The van der Waals surface area contributed by atoms with Crippen LogP contribution < -0.4 is 0 Å². The van der Waals surface area contributed by atoms with Crippen LogP contribution in [0.2, 0.25) is 0 Å². The van der Waals surface area contributed by atoms with Crippen LogP contribution in [0.3, 0.4) is 0 Å². The molecule has 2 heteroatoms. The Morgan fingerprint density at radius 3 is 2.05 bits per heavy atom. The zero-order chi connectivity index (χ0) is 16.6. The fourth-order valence-electron chi connectivity index (χ4n) is 2.05. The van der Waals surface area contributed by atoms with Gasteiger partial charge in [0.05, 0.1) is 5.56 Å². The first kappa shape index (κ1) is 19.1. The van der Waals surface area contributed by atoms with Gasteiger partial charge in [0.1, 0.15) is 11.6 Å². The van der Waals surface area contributed by atoms with E-state index in [2.05, 4.69) is 5.92 Å². The van der Waals surface area contributed by atoms with Crippen LogP contribution in [0.5, 0.6) is 0 Å². The number of hydrogen-bond donors (Lipinski definition) is 0. The Bertz CT molecular complexity index is 619. The third-order valence-corrected chi connectivity index (χ3v) is 2.86. The molecule has 0 saturated heterocycles. The lowest BCUT2D eigenvalue weighted by Crippen LogP contribution is -1.97. The highest BCUT2D eigenvalue weighted by molar-refractivity contribution is 5.92. The first-order valence-electron chi connectivity index (χ1n) is 7.43. The maximum atomic E-state index is 13.7. The fraction of sp³-hybridized carbons (Fsp3) is 0.368. The summed E-state index contributed by atoms with van der Waals surface area (Å²) in [6.07, 6.45) is 5.32. The third-order valence-electron chi connectivity index (χ3n) is 2.86. The van der Waals surface area contributed by atoms with Crippen LogP contribution in [0.4, 0.5) is 8.78 Å². The van der Waals surface area contributed by atoms with Crippen LogP contribution >= 0.6 is 0 Å². The molecule has 0 spiro atoms. The Labute approximate surface area is 127 Å². The minimum atomic E-state index is -0.675. The van der Waals surface area contributed by atoms with Crippen molar-refractivity contribution in [2.24, 2.45) is 0 Å². The molecule has 114 valence electrons. The highest BCUT2D eigenvalue weighted by atomic mass is 19.1. The molecule has 0 bridgehead atoms. The summed E-state index contributed by atoms with van der Waals surface area (Å²) in [5.74, 6) is 1.23. The molecule has 21 heavy (non-hydrogen) atoms. The quantitative estimate of drug-likeness (QED) is 0.542. The van der Waals surface area contributed by atoms with Crippen LogP contribution in [0.1, 0.15) is 58.6 Å². The van der Waals surface area contributed by atoms with Gasteiger partial charge in [-0.3, -0.25) is 0 Å². The van der Waals surface area contributed by atoms with E-state index in [9.17, 15) is 8.78 Å². The van der Waals surface area contributed by atoms with E-state index < -0.39 is 11.6 Å². The second-order valence-electron chi connectivity index (χ2n) is 4.28. The zero-order valence-corrected chi connectivity index (χ0v) is 13.7. The predicted octanol–water partition coefficient (Wildman–Crippen LogP) is 6.28. The molecule has 0 nitrogen and oxygen atoms in total. The lowest BCUT2D eigenvalue weighted by atomic mass is 9.92. The molecule has 0 radical (unpaired) electrons. The Morgan fingerprint density at radius 2 is 1.57 bits per heavy atom. The molecule has 0 fully saturated rings. The minimum absolute atomic E-state index is 0.144. The van der Waals surface area contributed by atoms with Crippen LogP contribution in [-0.4, -0.2) is 0 Å². The van der Waals surface area contributed by atoms with Crippen LogP contribution in [0.25, 0.3) is 10.8 Å². The van der Waals surface area contributed by atoms with E-state index in [1.165, 1.54) is 0 Å². The Kier molecular flexibility index (Phi) is 8.31. The van der Waals surface area contributed by atoms with Gasteiger partial charge < -0.3 is 0 Å². The van der Waals surface area contributed by atoms with Crippen LogP contribution in [-0.2, 0) is 0 Å². The summed E-state index contributed by atoms with van der Waals surface area (Å²) in [5, 5.41) is 0.896. The topological polar surface area (TPSA) is 0 Å². The van der Waals surface area contributed by atoms with Gasteiger partial charge in [0, 0.05) is 16.8 Å². The van der Waals surface area contributed by atoms with E-state index in [-0.39, 0.29) is 11.5 Å². The summed E-state index contributed by atoms with van der Waals surface area (Å²) < 4.78 is 27.3. The van der Waals surface area contributed by atoms with E-state index in [1.807, 2.05) is 47.6 Å².